The first-order chi connectivity index (χ1) is 16.8. The number of nitrogens with one attached hydrogen (secondary N) is 1. The Morgan fingerprint density at radius 3 is 2.40 bits per heavy atom. The molecule has 1 aliphatic rings. The molecule has 186 valence electrons. The van der Waals surface area contributed by atoms with E-state index in [1.54, 1.807) is 25.2 Å². The van der Waals surface area contributed by atoms with Crippen molar-refractivity contribution < 1.29 is 27.1 Å². The van der Waals surface area contributed by atoms with Gasteiger partial charge in [-0.25, -0.2) is 8.42 Å². The molecule has 1 aliphatic carbocycles. The fourth-order valence-corrected chi connectivity index (χ4v) is 5.61. The minimum atomic E-state index is -3.64. The highest BCUT2D eigenvalue weighted by Crippen LogP contribution is 2.37. The van der Waals surface area contributed by atoms with Crippen LogP contribution in [0.15, 0.2) is 51.8 Å². The summed E-state index contributed by atoms with van der Waals surface area (Å²) < 4.78 is 43.7. The number of aromatic nitrogens is 2. The second-order valence-corrected chi connectivity index (χ2v) is 10.2. The zero-order valence-corrected chi connectivity index (χ0v) is 20.7. The van der Waals surface area contributed by atoms with Crippen molar-refractivity contribution in [1.29, 1.82) is 0 Å². The maximum atomic E-state index is 13.0. The summed E-state index contributed by atoms with van der Waals surface area (Å²) in [6.45, 7) is 0. The average Bonchev–Trinajstić information content (AvgIpc) is 3.36. The number of para-hydroxylation sites is 1. The predicted octanol–water partition coefficient (Wildman–Crippen LogP) is 3.96. The number of benzene rings is 2. The van der Waals surface area contributed by atoms with Gasteiger partial charge in [0.2, 0.25) is 10.0 Å². The number of anilines is 1. The van der Waals surface area contributed by atoms with Gasteiger partial charge in [-0.05, 0) is 49.2 Å². The summed E-state index contributed by atoms with van der Waals surface area (Å²) in [5.41, 5.74) is 0.763. The van der Waals surface area contributed by atoms with Gasteiger partial charge < -0.3 is 13.9 Å². The molecule has 11 heteroatoms. The topological polar surface area (TPSA) is 124 Å². The minimum Gasteiger partial charge on any atom is -0.493 e. The van der Waals surface area contributed by atoms with Crippen molar-refractivity contribution in [3.05, 3.63) is 48.0 Å². The van der Waals surface area contributed by atoms with Crippen LogP contribution in [0.2, 0.25) is 0 Å². The van der Waals surface area contributed by atoms with Crippen molar-refractivity contribution in [2.24, 2.45) is 0 Å². The third kappa shape index (κ3) is 5.15. The molecule has 0 bridgehead atoms. The molecule has 0 saturated heterocycles. The Hall–Kier alpha value is -3.44. The van der Waals surface area contributed by atoms with Crippen LogP contribution in [0.5, 0.6) is 11.5 Å². The molecule has 10 nitrogen and oxygen atoms in total. The van der Waals surface area contributed by atoms with Crippen LogP contribution in [0, 0.1) is 0 Å². The zero-order valence-electron chi connectivity index (χ0n) is 19.9. The highest BCUT2D eigenvalue weighted by Gasteiger charge is 2.29. The first-order valence-corrected chi connectivity index (χ1v) is 12.7. The summed E-state index contributed by atoms with van der Waals surface area (Å²) in [7, 11) is 0.997. The van der Waals surface area contributed by atoms with E-state index < -0.39 is 15.9 Å². The van der Waals surface area contributed by atoms with Gasteiger partial charge in [0.05, 0.1) is 24.7 Å². The molecule has 0 radical (unpaired) electrons. The molecule has 0 atom stereocenters. The molecule has 1 saturated carbocycles. The number of ether oxygens (including phenoxy) is 2. The lowest BCUT2D eigenvalue weighted by Gasteiger charge is -2.30. The second-order valence-electron chi connectivity index (χ2n) is 8.25. The van der Waals surface area contributed by atoms with Gasteiger partial charge in [0, 0.05) is 18.7 Å². The van der Waals surface area contributed by atoms with E-state index in [1.165, 1.54) is 42.8 Å². The second kappa shape index (κ2) is 10.4. The summed E-state index contributed by atoms with van der Waals surface area (Å²) in [4.78, 5) is 12.8. The standard InChI is InChI=1S/C24H28N4O6S/c1-28(17-8-5-4-6-9-17)35(30,31)18-14-12-16(13-15-18)22(29)25-24-27-26-23(34-24)19-10-7-11-20(32-2)21(19)33-3/h7,10-15,17H,4-6,8-9H2,1-3H3,(H,25,27,29). The van der Waals surface area contributed by atoms with Crippen LogP contribution in [-0.2, 0) is 10.0 Å². The average molecular weight is 501 g/mol. The lowest BCUT2D eigenvalue weighted by atomic mass is 9.96. The molecule has 1 amide bonds. The lowest BCUT2D eigenvalue weighted by Crippen LogP contribution is -2.38. The Bertz CT molecular complexity index is 1280. The SMILES string of the molecule is COc1cccc(-c2nnc(NC(=O)c3ccc(S(=O)(=O)N(C)C4CCCCC4)cc3)o2)c1OC. The first-order valence-electron chi connectivity index (χ1n) is 11.3. The molecule has 0 spiro atoms. The molecule has 1 heterocycles. The first kappa shape index (κ1) is 24.7. The molecule has 0 aliphatic heterocycles. The predicted molar refractivity (Wildman–Crippen MR) is 129 cm³/mol. The van der Waals surface area contributed by atoms with Crippen molar-refractivity contribution in [2.75, 3.05) is 26.6 Å². The van der Waals surface area contributed by atoms with Gasteiger partial charge in [0.25, 0.3) is 11.8 Å². The van der Waals surface area contributed by atoms with E-state index in [9.17, 15) is 13.2 Å². The Morgan fingerprint density at radius 2 is 1.74 bits per heavy atom. The molecule has 1 fully saturated rings. The van der Waals surface area contributed by atoms with Crippen molar-refractivity contribution in [1.82, 2.24) is 14.5 Å². The van der Waals surface area contributed by atoms with Crippen LogP contribution >= 0.6 is 0 Å². The molecule has 1 aromatic heterocycles. The maximum Gasteiger partial charge on any atom is 0.322 e. The molecule has 3 aromatic rings. The zero-order chi connectivity index (χ0) is 25.0. The number of carbonyl (C=O) groups is 1. The smallest absolute Gasteiger partial charge is 0.322 e. The van der Waals surface area contributed by atoms with Crippen LogP contribution in [0.1, 0.15) is 42.5 Å². The van der Waals surface area contributed by atoms with E-state index in [4.69, 9.17) is 13.9 Å². The van der Waals surface area contributed by atoms with E-state index >= 15 is 0 Å². The number of hydrogen-bond acceptors (Lipinski definition) is 8. The Labute approximate surface area is 204 Å². The third-order valence-electron chi connectivity index (χ3n) is 6.16. The number of hydrogen-bond donors (Lipinski definition) is 1. The van der Waals surface area contributed by atoms with Crippen LogP contribution in [0.4, 0.5) is 6.01 Å². The molecule has 1 N–H and O–H groups in total. The summed E-state index contributed by atoms with van der Waals surface area (Å²) in [5, 5.41) is 10.4. The van der Waals surface area contributed by atoms with Gasteiger partial charge >= 0.3 is 6.01 Å². The summed E-state index contributed by atoms with van der Waals surface area (Å²) in [6, 6.07) is 10.9. The number of nitrogens with zero attached hydrogens (tertiary/aromatic N) is 3. The highest BCUT2D eigenvalue weighted by molar-refractivity contribution is 7.89. The fourth-order valence-electron chi connectivity index (χ4n) is 4.19. The van der Waals surface area contributed by atoms with Gasteiger partial charge in [-0.1, -0.05) is 30.4 Å². The Balaban J connectivity index is 1.47. The molecule has 0 unspecified atom stereocenters. The van der Waals surface area contributed by atoms with Gasteiger partial charge in [-0.15, -0.1) is 5.10 Å². The monoisotopic (exact) mass is 500 g/mol. The molecule has 2 aromatic carbocycles. The van der Waals surface area contributed by atoms with Crippen LogP contribution in [0.3, 0.4) is 0 Å². The quantitative estimate of drug-likeness (QED) is 0.493. The number of carbonyl (C=O) groups excluding carboxylic acids is 1. The van der Waals surface area contributed by atoms with E-state index in [-0.39, 0.29) is 28.4 Å². The maximum absolute atomic E-state index is 13.0. The third-order valence-corrected chi connectivity index (χ3v) is 8.09. The normalized spacial score (nSPS) is 14.6. The largest absolute Gasteiger partial charge is 0.493 e. The van der Waals surface area contributed by atoms with Gasteiger partial charge in [-0.2, -0.15) is 4.31 Å². The molecular formula is C24H28N4O6S. The van der Waals surface area contributed by atoms with Crippen LogP contribution in [0.25, 0.3) is 11.5 Å². The summed E-state index contributed by atoms with van der Waals surface area (Å²) in [6.07, 6.45) is 4.94. The number of methoxy groups -OCH3 is 2. The Kier molecular flexibility index (Phi) is 7.37. The van der Waals surface area contributed by atoms with Crippen molar-refractivity contribution in [3.8, 4) is 23.0 Å². The lowest BCUT2D eigenvalue weighted by molar-refractivity contribution is 0.102. The van der Waals surface area contributed by atoms with E-state index in [0.29, 0.717) is 17.1 Å². The number of sulfonamides is 1. The van der Waals surface area contributed by atoms with Crippen molar-refractivity contribution in [2.45, 2.75) is 43.0 Å². The van der Waals surface area contributed by atoms with Gasteiger partial charge in [0.15, 0.2) is 11.5 Å². The summed E-state index contributed by atoms with van der Waals surface area (Å²) in [5.74, 6) is 0.551. The number of rotatable bonds is 8. The van der Waals surface area contributed by atoms with E-state index in [1.807, 2.05) is 0 Å². The van der Waals surface area contributed by atoms with Crippen LogP contribution < -0.4 is 14.8 Å². The Morgan fingerprint density at radius 1 is 1.03 bits per heavy atom. The summed E-state index contributed by atoms with van der Waals surface area (Å²) >= 11 is 0. The number of amides is 1. The van der Waals surface area contributed by atoms with E-state index in [0.717, 1.165) is 32.1 Å². The van der Waals surface area contributed by atoms with Crippen molar-refractivity contribution >= 4 is 21.9 Å². The van der Waals surface area contributed by atoms with Gasteiger partial charge in [-0.3, -0.25) is 10.1 Å². The highest BCUT2D eigenvalue weighted by atomic mass is 32.2. The van der Waals surface area contributed by atoms with E-state index in [2.05, 4.69) is 15.5 Å². The van der Waals surface area contributed by atoms with Crippen molar-refractivity contribution in [3.63, 3.8) is 0 Å². The molecule has 4 rings (SSSR count). The molecular weight excluding hydrogens is 472 g/mol. The molecule has 35 heavy (non-hydrogen) atoms. The minimum absolute atomic E-state index is 0.00616. The fraction of sp³-hybridized carbons (Fsp3) is 0.375. The van der Waals surface area contributed by atoms with Crippen LogP contribution in [-0.4, -0.2) is 56.1 Å². The van der Waals surface area contributed by atoms with Gasteiger partial charge in [0.1, 0.15) is 0 Å².